The van der Waals surface area contributed by atoms with Crippen LogP contribution in [0.15, 0.2) is 77.7 Å². The van der Waals surface area contributed by atoms with Crippen molar-refractivity contribution in [2.75, 3.05) is 13.2 Å². The Balaban J connectivity index is 1.32. The van der Waals surface area contributed by atoms with Gasteiger partial charge in [-0.2, -0.15) is 0 Å². The Hall–Kier alpha value is -3.36. The van der Waals surface area contributed by atoms with Crippen LogP contribution in [0, 0.1) is 5.92 Å². The SMILES string of the molecule is O=C(NC(c1ccc2c(c1)OCCO2)C1CC1)c1cccc(S(=O)(=O)NCc2ccccc2)c1. The van der Waals surface area contributed by atoms with E-state index in [1.165, 1.54) is 12.1 Å². The zero-order chi connectivity index (χ0) is 23.5. The molecule has 8 heteroatoms. The van der Waals surface area contributed by atoms with Crippen LogP contribution in [-0.2, 0) is 16.6 Å². The molecule has 5 rings (SSSR count). The van der Waals surface area contributed by atoms with Gasteiger partial charge in [0.15, 0.2) is 11.5 Å². The van der Waals surface area contributed by atoms with E-state index in [2.05, 4.69) is 10.0 Å². The van der Waals surface area contributed by atoms with Crippen molar-refractivity contribution in [1.29, 1.82) is 0 Å². The lowest BCUT2D eigenvalue weighted by molar-refractivity contribution is 0.0931. The molecule has 3 aromatic carbocycles. The molecule has 1 aliphatic carbocycles. The third-order valence-electron chi connectivity index (χ3n) is 6.02. The van der Waals surface area contributed by atoms with Gasteiger partial charge in [-0.1, -0.05) is 42.5 Å². The predicted molar refractivity (Wildman–Crippen MR) is 127 cm³/mol. The zero-order valence-corrected chi connectivity index (χ0v) is 19.4. The minimum absolute atomic E-state index is 0.0541. The van der Waals surface area contributed by atoms with E-state index in [0.29, 0.717) is 36.2 Å². The average molecular weight is 479 g/mol. The fourth-order valence-electron chi connectivity index (χ4n) is 4.04. The summed E-state index contributed by atoms with van der Waals surface area (Å²) in [5.41, 5.74) is 2.10. The molecule has 1 amide bonds. The van der Waals surface area contributed by atoms with Crippen molar-refractivity contribution in [2.24, 2.45) is 5.92 Å². The first kappa shape index (κ1) is 22.4. The van der Waals surface area contributed by atoms with Crippen LogP contribution in [0.2, 0.25) is 0 Å². The highest BCUT2D eigenvalue weighted by molar-refractivity contribution is 7.89. The Bertz CT molecular complexity index is 1290. The number of rotatable bonds is 8. The second-order valence-corrected chi connectivity index (χ2v) is 10.3. The molecule has 2 N–H and O–H groups in total. The molecule has 0 saturated heterocycles. The van der Waals surface area contributed by atoms with Crippen LogP contribution in [-0.4, -0.2) is 27.5 Å². The summed E-state index contributed by atoms with van der Waals surface area (Å²) in [4.78, 5) is 13.2. The number of benzene rings is 3. The molecule has 3 aromatic rings. The van der Waals surface area contributed by atoms with E-state index in [4.69, 9.17) is 9.47 Å². The van der Waals surface area contributed by atoms with Gasteiger partial charge >= 0.3 is 0 Å². The van der Waals surface area contributed by atoms with Gasteiger partial charge in [0, 0.05) is 12.1 Å². The summed E-state index contributed by atoms with van der Waals surface area (Å²) in [6.45, 7) is 1.19. The van der Waals surface area contributed by atoms with Gasteiger partial charge in [0.1, 0.15) is 13.2 Å². The minimum Gasteiger partial charge on any atom is -0.486 e. The molecule has 1 atom stereocenters. The zero-order valence-electron chi connectivity index (χ0n) is 18.6. The van der Waals surface area contributed by atoms with Crippen LogP contribution < -0.4 is 19.5 Å². The first-order valence-corrected chi connectivity index (χ1v) is 12.8. The van der Waals surface area contributed by atoms with Gasteiger partial charge in [-0.25, -0.2) is 13.1 Å². The molecule has 34 heavy (non-hydrogen) atoms. The fraction of sp³-hybridized carbons (Fsp3) is 0.269. The van der Waals surface area contributed by atoms with Crippen molar-refractivity contribution in [3.63, 3.8) is 0 Å². The minimum atomic E-state index is -3.77. The van der Waals surface area contributed by atoms with E-state index in [1.807, 2.05) is 48.5 Å². The van der Waals surface area contributed by atoms with Crippen molar-refractivity contribution < 1.29 is 22.7 Å². The molecule has 0 bridgehead atoms. The summed E-state index contributed by atoms with van der Waals surface area (Å²) < 4.78 is 39.5. The number of nitrogens with one attached hydrogen (secondary N) is 2. The Kier molecular flexibility index (Phi) is 6.26. The summed E-state index contributed by atoms with van der Waals surface area (Å²) >= 11 is 0. The smallest absolute Gasteiger partial charge is 0.251 e. The molecule has 176 valence electrons. The number of amides is 1. The standard InChI is InChI=1S/C26H26N2O5S/c29-26(28-25(19-9-10-19)20-11-12-23-24(16-20)33-14-13-32-23)21-7-4-8-22(15-21)34(30,31)27-17-18-5-2-1-3-6-18/h1-8,11-12,15-16,19,25,27H,9-10,13-14,17H2,(H,28,29). The molecule has 0 spiro atoms. The van der Waals surface area contributed by atoms with Gasteiger partial charge in [0.25, 0.3) is 5.91 Å². The van der Waals surface area contributed by atoms with Crippen molar-refractivity contribution in [1.82, 2.24) is 10.0 Å². The van der Waals surface area contributed by atoms with Crippen molar-refractivity contribution >= 4 is 15.9 Å². The first-order valence-electron chi connectivity index (χ1n) is 11.3. The normalized spacial score (nSPS) is 16.0. The quantitative estimate of drug-likeness (QED) is 0.513. The second kappa shape index (κ2) is 9.48. The van der Waals surface area contributed by atoms with Crippen LogP contribution in [0.4, 0.5) is 0 Å². The summed E-state index contributed by atoms with van der Waals surface area (Å²) in [6.07, 6.45) is 2.05. The van der Waals surface area contributed by atoms with Crippen LogP contribution in [0.25, 0.3) is 0 Å². The lowest BCUT2D eigenvalue weighted by Crippen LogP contribution is -2.30. The fourth-order valence-corrected chi connectivity index (χ4v) is 5.11. The highest BCUT2D eigenvalue weighted by Gasteiger charge is 2.34. The Labute approximate surface area is 199 Å². The molecule has 1 fully saturated rings. The Morgan fingerprint density at radius 3 is 2.44 bits per heavy atom. The van der Waals surface area contributed by atoms with Crippen LogP contribution in [0.5, 0.6) is 11.5 Å². The summed E-state index contributed by atoms with van der Waals surface area (Å²) in [5, 5.41) is 3.10. The van der Waals surface area contributed by atoms with Crippen molar-refractivity contribution in [3.8, 4) is 11.5 Å². The molecule has 0 aromatic heterocycles. The lowest BCUT2D eigenvalue weighted by Gasteiger charge is -2.23. The number of ether oxygens (including phenoxy) is 2. The molecule has 1 aliphatic heterocycles. The number of carbonyl (C=O) groups excluding carboxylic acids is 1. The largest absolute Gasteiger partial charge is 0.486 e. The van der Waals surface area contributed by atoms with Gasteiger partial charge in [-0.05, 0) is 60.2 Å². The number of hydrogen-bond acceptors (Lipinski definition) is 5. The molecular formula is C26H26N2O5S. The lowest BCUT2D eigenvalue weighted by atomic mass is 10.0. The molecular weight excluding hydrogens is 452 g/mol. The molecule has 2 aliphatic rings. The van der Waals surface area contributed by atoms with Gasteiger partial charge in [-0.3, -0.25) is 4.79 Å². The summed E-state index contributed by atoms with van der Waals surface area (Å²) in [7, 11) is -3.77. The third kappa shape index (κ3) is 5.08. The second-order valence-electron chi connectivity index (χ2n) is 8.53. The van der Waals surface area contributed by atoms with Gasteiger partial charge in [-0.15, -0.1) is 0 Å². The molecule has 1 heterocycles. The summed E-state index contributed by atoms with van der Waals surface area (Å²) in [6, 6.07) is 21.0. The number of hydrogen-bond donors (Lipinski definition) is 2. The molecule has 1 unspecified atom stereocenters. The maximum absolute atomic E-state index is 13.1. The topological polar surface area (TPSA) is 93.7 Å². The van der Waals surface area contributed by atoms with E-state index in [9.17, 15) is 13.2 Å². The van der Waals surface area contributed by atoms with Gasteiger partial charge in [0.2, 0.25) is 10.0 Å². The molecule has 1 saturated carbocycles. The Morgan fingerprint density at radius 2 is 1.68 bits per heavy atom. The van der Waals surface area contributed by atoms with E-state index in [0.717, 1.165) is 24.0 Å². The highest BCUT2D eigenvalue weighted by Crippen LogP contribution is 2.43. The number of fused-ring (bicyclic) bond motifs is 1. The highest BCUT2D eigenvalue weighted by atomic mass is 32.2. The van der Waals surface area contributed by atoms with E-state index < -0.39 is 10.0 Å². The van der Waals surface area contributed by atoms with Crippen molar-refractivity contribution in [3.05, 3.63) is 89.5 Å². The van der Waals surface area contributed by atoms with E-state index >= 15 is 0 Å². The average Bonchev–Trinajstić information content (AvgIpc) is 3.72. The summed E-state index contributed by atoms with van der Waals surface area (Å²) in [5.74, 6) is 1.41. The Morgan fingerprint density at radius 1 is 0.912 bits per heavy atom. The predicted octanol–water partition coefficient (Wildman–Crippen LogP) is 3.82. The third-order valence-corrected chi connectivity index (χ3v) is 7.42. The van der Waals surface area contributed by atoms with Crippen LogP contribution in [0.3, 0.4) is 0 Å². The van der Waals surface area contributed by atoms with Gasteiger partial charge in [0.05, 0.1) is 10.9 Å². The molecule has 0 radical (unpaired) electrons. The van der Waals surface area contributed by atoms with Crippen LogP contribution in [0.1, 0.15) is 40.4 Å². The maximum Gasteiger partial charge on any atom is 0.251 e. The maximum atomic E-state index is 13.1. The van der Waals surface area contributed by atoms with Crippen LogP contribution >= 0.6 is 0 Å². The number of sulfonamides is 1. The van der Waals surface area contributed by atoms with E-state index in [1.54, 1.807) is 12.1 Å². The van der Waals surface area contributed by atoms with E-state index in [-0.39, 0.29) is 23.4 Å². The molecule has 7 nitrogen and oxygen atoms in total. The van der Waals surface area contributed by atoms with Crippen molar-refractivity contribution in [2.45, 2.75) is 30.3 Å². The monoisotopic (exact) mass is 478 g/mol. The van der Waals surface area contributed by atoms with Gasteiger partial charge < -0.3 is 14.8 Å². The first-order chi connectivity index (χ1) is 16.5. The number of carbonyl (C=O) groups is 1.